The van der Waals surface area contributed by atoms with E-state index in [1.165, 1.54) is 0 Å². The molecule has 0 aromatic carbocycles. The first-order valence-electron chi connectivity index (χ1n) is 4.99. The molecule has 2 aliphatic rings. The standard InChI is InChI=1S/C11H13NO3/c1-5-9(11(14)15)6(2)12-7-3-4-8(13)10(5)7/h5,12H,3-4H2,1-2H3,(H,14,15)/t5-/m0/s1. The van der Waals surface area contributed by atoms with E-state index in [-0.39, 0.29) is 11.7 Å². The number of hydrogen-bond donors (Lipinski definition) is 2. The fourth-order valence-corrected chi connectivity index (χ4v) is 2.42. The van der Waals surface area contributed by atoms with E-state index in [1.54, 1.807) is 13.8 Å². The summed E-state index contributed by atoms with van der Waals surface area (Å²) in [6.45, 7) is 3.53. The number of carboxylic acid groups (broad SMARTS) is 1. The molecule has 15 heavy (non-hydrogen) atoms. The Morgan fingerprint density at radius 3 is 2.73 bits per heavy atom. The third kappa shape index (κ3) is 1.37. The molecule has 4 heteroatoms. The average Bonchev–Trinajstić information content (AvgIpc) is 2.46. The first-order valence-corrected chi connectivity index (χ1v) is 4.99. The van der Waals surface area contributed by atoms with Crippen molar-refractivity contribution in [1.82, 2.24) is 5.32 Å². The van der Waals surface area contributed by atoms with Gasteiger partial charge in [0.05, 0.1) is 5.57 Å². The van der Waals surface area contributed by atoms with E-state index in [0.29, 0.717) is 29.7 Å². The molecular formula is C11H13NO3. The van der Waals surface area contributed by atoms with Crippen molar-refractivity contribution in [1.29, 1.82) is 0 Å². The van der Waals surface area contributed by atoms with Gasteiger partial charge in [-0.3, -0.25) is 4.79 Å². The number of carbonyl (C=O) groups excluding carboxylic acids is 1. The second-order valence-corrected chi connectivity index (χ2v) is 4.01. The highest BCUT2D eigenvalue weighted by molar-refractivity contribution is 6.02. The van der Waals surface area contributed by atoms with E-state index in [1.807, 2.05) is 0 Å². The van der Waals surface area contributed by atoms with Crippen molar-refractivity contribution in [2.75, 3.05) is 0 Å². The quantitative estimate of drug-likeness (QED) is 0.678. The van der Waals surface area contributed by atoms with Gasteiger partial charge in [0.25, 0.3) is 0 Å². The Morgan fingerprint density at radius 1 is 1.47 bits per heavy atom. The lowest BCUT2D eigenvalue weighted by Crippen LogP contribution is -2.28. The number of aliphatic carboxylic acids is 1. The fourth-order valence-electron chi connectivity index (χ4n) is 2.42. The summed E-state index contributed by atoms with van der Waals surface area (Å²) in [4.78, 5) is 22.6. The van der Waals surface area contributed by atoms with Crippen molar-refractivity contribution in [3.05, 3.63) is 22.5 Å². The number of dihydropyridines is 1. The molecule has 0 spiro atoms. The zero-order chi connectivity index (χ0) is 11.2. The number of ketones is 1. The van der Waals surface area contributed by atoms with Crippen molar-refractivity contribution in [3.8, 4) is 0 Å². The molecule has 0 fully saturated rings. The summed E-state index contributed by atoms with van der Waals surface area (Å²) in [6.07, 6.45) is 1.21. The molecule has 1 aliphatic carbocycles. The summed E-state index contributed by atoms with van der Waals surface area (Å²) in [7, 11) is 0. The monoisotopic (exact) mass is 207 g/mol. The van der Waals surface area contributed by atoms with Crippen LogP contribution in [-0.4, -0.2) is 16.9 Å². The number of rotatable bonds is 1. The minimum Gasteiger partial charge on any atom is -0.478 e. The fraction of sp³-hybridized carbons (Fsp3) is 0.455. The zero-order valence-electron chi connectivity index (χ0n) is 8.76. The molecule has 0 aromatic rings. The number of carbonyl (C=O) groups is 2. The molecule has 0 amide bonds. The van der Waals surface area contributed by atoms with E-state index >= 15 is 0 Å². The molecule has 80 valence electrons. The van der Waals surface area contributed by atoms with Crippen LogP contribution in [0.2, 0.25) is 0 Å². The molecule has 1 aliphatic heterocycles. The highest BCUT2D eigenvalue weighted by Gasteiger charge is 2.35. The van der Waals surface area contributed by atoms with Gasteiger partial charge in [-0.25, -0.2) is 4.79 Å². The summed E-state index contributed by atoms with van der Waals surface area (Å²) >= 11 is 0. The number of allylic oxidation sites excluding steroid dienone is 3. The predicted octanol–water partition coefficient (Wildman–Crippen LogP) is 1.20. The highest BCUT2D eigenvalue weighted by Crippen LogP contribution is 2.36. The van der Waals surface area contributed by atoms with Crippen LogP contribution in [0.25, 0.3) is 0 Å². The van der Waals surface area contributed by atoms with Gasteiger partial charge in [0.2, 0.25) is 0 Å². The van der Waals surface area contributed by atoms with Crippen molar-refractivity contribution in [2.24, 2.45) is 5.92 Å². The van der Waals surface area contributed by atoms with Gasteiger partial charge in [-0.2, -0.15) is 0 Å². The van der Waals surface area contributed by atoms with Crippen LogP contribution in [0.3, 0.4) is 0 Å². The number of carboxylic acids is 1. The molecule has 0 saturated carbocycles. The number of nitrogens with one attached hydrogen (secondary N) is 1. The smallest absolute Gasteiger partial charge is 0.333 e. The molecular weight excluding hydrogens is 194 g/mol. The van der Waals surface area contributed by atoms with E-state index in [4.69, 9.17) is 5.11 Å². The second-order valence-electron chi connectivity index (χ2n) is 4.01. The van der Waals surface area contributed by atoms with Crippen LogP contribution >= 0.6 is 0 Å². The molecule has 0 bridgehead atoms. The van der Waals surface area contributed by atoms with Crippen molar-refractivity contribution < 1.29 is 14.7 Å². The van der Waals surface area contributed by atoms with Crippen LogP contribution in [0.1, 0.15) is 26.7 Å². The maximum Gasteiger partial charge on any atom is 0.333 e. The molecule has 2 rings (SSSR count). The lowest BCUT2D eigenvalue weighted by atomic mass is 9.87. The Morgan fingerprint density at radius 2 is 2.13 bits per heavy atom. The van der Waals surface area contributed by atoms with Gasteiger partial charge >= 0.3 is 5.97 Å². The molecule has 1 heterocycles. The zero-order valence-corrected chi connectivity index (χ0v) is 8.76. The lowest BCUT2D eigenvalue weighted by Gasteiger charge is -2.24. The molecule has 0 unspecified atom stereocenters. The summed E-state index contributed by atoms with van der Waals surface area (Å²) in [5.41, 5.74) is 2.54. The third-order valence-corrected chi connectivity index (χ3v) is 3.07. The molecule has 0 aromatic heterocycles. The maximum atomic E-state index is 11.6. The van der Waals surface area contributed by atoms with Crippen LogP contribution in [0.5, 0.6) is 0 Å². The molecule has 4 nitrogen and oxygen atoms in total. The Kier molecular flexibility index (Phi) is 2.14. The number of hydrogen-bond acceptors (Lipinski definition) is 3. The van der Waals surface area contributed by atoms with Gasteiger partial charge in [-0.05, 0) is 13.3 Å². The summed E-state index contributed by atoms with van der Waals surface area (Å²) in [6, 6.07) is 0. The average molecular weight is 207 g/mol. The van der Waals surface area contributed by atoms with Crippen LogP contribution in [0, 0.1) is 5.92 Å². The Balaban J connectivity index is 2.44. The number of Topliss-reactive ketones (excluding diaryl/α,β-unsaturated/α-hetero) is 1. The van der Waals surface area contributed by atoms with E-state index in [2.05, 4.69) is 5.32 Å². The minimum absolute atomic E-state index is 0.0799. The normalized spacial score (nSPS) is 25.5. The topological polar surface area (TPSA) is 66.4 Å². The second kappa shape index (κ2) is 3.22. The van der Waals surface area contributed by atoms with Gasteiger partial charge in [0.15, 0.2) is 5.78 Å². The van der Waals surface area contributed by atoms with Gasteiger partial charge < -0.3 is 10.4 Å². The molecule has 0 saturated heterocycles. The SMILES string of the molecule is CC1=C(C(=O)O)[C@H](C)C2=C(CCC2=O)N1. The summed E-state index contributed by atoms with van der Waals surface area (Å²) < 4.78 is 0. The summed E-state index contributed by atoms with van der Waals surface area (Å²) in [5.74, 6) is -1.15. The van der Waals surface area contributed by atoms with Crippen molar-refractivity contribution in [3.63, 3.8) is 0 Å². The first-order chi connectivity index (χ1) is 7.02. The molecule has 1 atom stereocenters. The third-order valence-electron chi connectivity index (χ3n) is 3.07. The Bertz CT molecular complexity index is 416. The predicted molar refractivity (Wildman–Crippen MR) is 53.9 cm³/mol. The maximum absolute atomic E-state index is 11.6. The van der Waals surface area contributed by atoms with Crippen LogP contribution in [0.4, 0.5) is 0 Å². The van der Waals surface area contributed by atoms with E-state index < -0.39 is 5.97 Å². The Labute approximate surface area is 87.7 Å². The highest BCUT2D eigenvalue weighted by atomic mass is 16.4. The van der Waals surface area contributed by atoms with Crippen LogP contribution in [-0.2, 0) is 9.59 Å². The van der Waals surface area contributed by atoms with Gasteiger partial charge in [0.1, 0.15) is 0 Å². The van der Waals surface area contributed by atoms with Gasteiger partial charge in [0, 0.05) is 29.3 Å². The van der Waals surface area contributed by atoms with Crippen LogP contribution < -0.4 is 5.32 Å². The van der Waals surface area contributed by atoms with E-state index in [0.717, 1.165) is 5.70 Å². The van der Waals surface area contributed by atoms with Crippen molar-refractivity contribution in [2.45, 2.75) is 26.7 Å². The lowest BCUT2D eigenvalue weighted by molar-refractivity contribution is -0.133. The minimum atomic E-state index is -0.946. The molecule has 0 radical (unpaired) electrons. The Hall–Kier alpha value is -1.58. The van der Waals surface area contributed by atoms with E-state index in [9.17, 15) is 9.59 Å². The van der Waals surface area contributed by atoms with Gasteiger partial charge in [-0.15, -0.1) is 0 Å². The van der Waals surface area contributed by atoms with Crippen LogP contribution in [0.15, 0.2) is 22.5 Å². The van der Waals surface area contributed by atoms with Crippen molar-refractivity contribution >= 4 is 11.8 Å². The summed E-state index contributed by atoms with van der Waals surface area (Å²) in [5, 5.41) is 12.1. The van der Waals surface area contributed by atoms with Gasteiger partial charge in [-0.1, -0.05) is 6.92 Å². The largest absolute Gasteiger partial charge is 0.478 e. The first kappa shape index (κ1) is 9.96. The molecule has 2 N–H and O–H groups in total.